The van der Waals surface area contributed by atoms with E-state index in [1.807, 2.05) is 32.4 Å². The van der Waals surface area contributed by atoms with Crippen LogP contribution in [0.4, 0.5) is 5.69 Å². The molecule has 0 aliphatic carbocycles. The zero-order valence-corrected chi connectivity index (χ0v) is 16.3. The number of piperidine rings is 1. The lowest BCUT2D eigenvalue weighted by Gasteiger charge is -2.33. The molecule has 1 aliphatic rings. The highest BCUT2D eigenvalue weighted by Crippen LogP contribution is 2.30. The minimum Gasteiger partial charge on any atom is -0.371 e. The third kappa shape index (κ3) is 3.59. The van der Waals surface area contributed by atoms with Gasteiger partial charge in [-0.25, -0.2) is 4.98 Å². The van der Waals surface area contributed by atoms with Crippen molar-refractivity contribution >= 4 is 5.69 Å². The normalized spacial score (nSPS) is 15.4. The number of aryl methyl sites for hydroxylation is 2. The predicted octanol–water partition coefficient (Wildman–Crippen LogP) is 2.94. The Labute approximate surface area is 160 Å². The van der Waals surface area contributed by atoms with E-state index in [2.05, 4.69) is 53.3 Å². The van der Waals surface area contributed by atoms with Crippen LogP contribution in [0.2, 0.25) is 0 Å². The van der Waals surface area contributed by atoms with Crippen molar-refractivity contribution in [3.63, 3.8) is 0 Å². The molecule has 27 heavy (non-hydrogen) atoms. The summed E-state index contributed by atoms with van der Waals surface area (Å²) in [6, 6.07) is 4.27. The first-order valence-electron chi connectivity index (χ1n) is 9.73. The first kappa shape index (κ1) is 17.7. The fraction of sp³-hybridized carbons (Fsp3) is 0.500. The number of hydrogen-bond donors (Lipinski definition) is 0. The zero-order chi connectivity index (χ0) is 18.8. The summed E-state index contributed by atoms with van der Waals surface area (Å²) in [7, 11) is 0. The molecule has 0 saturated carbocycles. The number of rotatable bonds is 5. The minimum atomic E-state index is 0.467. The Hall–Kier alpha value is -2.70. The van der Waals surface area contributed by atoms with Crippen LogP contribution in [-0.2, 0) is 13.1 Å². The van der Waals surface area contributed by atoms with Gasteiger partial charge in [-0.2, -0.15) is 0 Å². The van der Waals surface area contributed by atoms with Crippen LogP contribution in [0.3, 0.4) is 0 Å². The van der Waals surface area contributed by atoms with E-state index < -0.39 is 0 Å². The molecule has 0 bridgehead atoms. The Bertz CT molecular complexity index is 903. The lowest BCUT2D eigenvalue weighted by atomic mass is 9.95. The summed E-state index contributed by atoms with van der Waals surface area (Å²) in [6.07, 6.45) is 7.93. The van der Waals surface area contributed by atoms with E-state index >= 15 is 0 Å². The topological polar surface area (TPSA) is 64.7 Å². The second-order valence-corrected chi connectivity index (χ2v) is 7.24. The number of nitrogens with zero attached hydrogens (tertiary/aromatic N) is 7. The molecule has 3 aromatic heterocycles. The highest BCUT2D eigenvalue weighted by Gasteiger charge is 2.26. The van der Waals surface area contributed by atoms with E-state index in [9.17, 15) is 0 Å². The van der Waals surface area contributed by atoms with Gasteiger partial charge in [0.1, 0.15) is 11.6 Å². The number of aromatic nitrogens is 6. The summed E-state index contributed by atoms with van der Waals surface area (Å²) < 4.78 is 4.41. The first-order valence-corrected chi connectivity index (χ1v) is 9.73. The number of anilines is 1. The van der Waals surface area contributed by atoms with Crippen LogP contribution in [0.5, 0.6) is 0 Å². The van der Waals surface area contributed by atoms with Crippen molar-refractivity contribution in [3.05, 3.63) is 53.9 Å². The molecule has 1 aliphatic heterocycles. The summed E-state index contributed by atoms with van der Waals surface area (Å²) in [5, 5.41) is 9.09. The monoisotopic (exact) mass is 365 g/mol. The number of imidazole rings is 1. The van der Waals surface area contributed by atoms with Crippen LogP contribution in [0.25, 0.3) is 0 Å². The molecule has 0 unspecified atom stereocenters. The average Bonchev–Trinajstić information content (AvgIpc) is 3.28. The van der Waals surface area contributed by atoms with Gasteiger partial charge in [-0.05, 0) is 45.7 Å². The van der Waals surface area contributed by atoms with Gasteiger partial charge < -0.3 is 14.0 Å². The number of pyridine rings is 1. The van der Waals surface area contributed by atoms with Gasteiger partial charge in [-0.1, -0.05) is 0 Å². The molecule has 0 spiro atoms. The van der Waals surface area contributed by atoms with E-state index in [4.69, 9.17) is 0 Å². The molecule has 7 heteroatoms. The Morgan fingerprint density at radius 2 is 1.89 bits per heavy atom. The molecule has 142 valence electrons. The molecule has 3 aromatic rings. The van der Waals surface area contributed by atoms with Crippen LogP contribution in [-0.4, -0.2) is 42.4 Å². The highest BCUT2D eigenvalue weighted by atomic mass is 15.3. The third-order valence-electron chi connectivity index (χ3n) is 5.51. The van der Waals surface area contributed by atoms with Crippen LogP contribution in [0.1, 0.15) is 48.9 Å². The van der Waals surface area contributed by atoms with Crippen molar-refractivity contribution in [2.45, 2.75) is 52.6 Å². The summed E-state index contributed by atoms with van der Waals surface area (Å²) in [5.74, 6) is 3.62. The second-order valence-electron chi connectivity index (χ2n) is 7.24. The Kier molecular flexibility index (Phi) is 4.92. The first-order chi connectivity index (χ1) is 13.2. The molecule has 0 aromatic carbocycles. The molecule has 0 amide bonds. The summed E-state index contributed by atoms with van der Waals surface area (Å²) >= 11 is 0. The van der Waals surface area contributed by atoms with Crippen LogP contribution >= 0.6 is 0 Å². The Morgan fingerprint density at radius 3 is 2.56 bits per heavy atom. The van der Waals surface area contributed by atoms with Crippen molar-refractivity contribution in [1.82, 2.24) is 29.3 Å². The van der Waals surface area contributed by atoms with Crippen molar-refractivity contribution in [1.29, 1.82) is 0 Å². The lowest BCUT2D eigenvalue weighted by Crippen LogP contribution is -2.33. The van der Waals surface area contributed by atoms with Gasteiger partial charge in [0.25, 0.3) is 0 Å². The van der Waals surface area contributed by atoms with E-state index in [0.29, 0.717) is 5.92 Å². The van der Waals surface area contributed by atoms with Gasteiger partial charge in [-0.15, -0.1) is 10.2 Å². The summed E-state index contributed by atoms with van der Waals surface area (Å²) in [4.78, 5) is 11.1. The van der Waals surface area contributed by atoms with E-state index in [0.717, 1.165) is 62.2 Å². The molecular formula is C20H27N7. The zero-order valence-electron chi connectivity index (χ0n) is 16.3. The smallest absolute Gasteiger partial charge is 0.153 e. The highest BCUT2D eigenvalue weighted by molar-refractivity contribution is 5.46. The number of hydrogen-bond acceptors (Lipinski definition) is 5. The van der Waals surface area contributed by atoms with Gasteiger partial charge in [0.05, 0.1) is 6.54 Å². The molecule has 4 heterocycles. The second kappa shape index (κ2) is 7.50. The lowest BCUT2D eigenvalue weighted by molar-refractivity contribution is 0.463. The average molecular weight is 365 g/mol. The van der Waals surface area contributed by atoms with Crippen molar-refractivity contribution in [2.24, 2.45) is 0 Å². The van der Waals surface area contributed by atoms with Crippen molar-refractivity contribution < 1.29 is 0 Å². The molecule has 4 rings (SSSR count). The standard InChI is InChI=1S/C20H27N7/c1-4-27-19(14-26-12-9-22-16(26)3)23-24-20(27)17-6-10-25(11-7-17)18-5-8-21-15(2)13-18/h5,8-9,12-13,17H,4,6-7,10-11,14H2,1-3H3. The molecule has 0 N–H and O–H groups in total. The summed E-state index contributed by atoms with van der Waals surface area (Å²) in [5.41, 5.74) is 2.34. The Balaban J connectivity index is 1.47. The maximum atomic E-state index is 4.58. The molecule has 1 fully saturated rings. The van der Waals surface area contributed by atoms with Gasteiger partial charge in [0.15, 0.2) is 5.82 Å². The maximum absolute atomic E-state index is 4.58. The SMILES string of the molecule is CCn1c(Cn2ccnc2C)nnc1C1CCN(c2ccnc(C)c2)CC1. The van der Waals surface area contributed by atoms with Crippen molar-refractivity contribution in [3.8, 4) is 0 Å². The summed E-state index contributed by atoms with van der Waals surface area (Å²) in [6.45, 7) is 9.94. The van der Waals surface area contributed by atoms with Gasteiger partial charge in [-0.3, -0.25) is 4.98 Å². The van der Waals surface area contributed by atoms with Crippen LogP contribution in [0.15, 0.2) is 30.7 Å². The minimum absolute atomic E-state index is 0.467. The van der Waals surface area contributed by atoms with E-state index in [-0.39, 0.29) is 0 Å². The van der Waals surface area contributed by atoms with E-state index in [1.165, 1.54) is 5.69 Å². The van der Waals surface area contributed by atoms with Gasteiger partial charge in [0.2, 0.25) is 0 Å². The van der Waals surface area contributed by atoms with Crippen LogP contribution in [0, 0.1) is 13.8 Å². The predicted molar refractivity (Wildman–Crippen MR) is 105 cm³/mol. The van der Waals surface area contributed by atoms with Gasteiger partial charge in [0, 0.05) is 55.5 Å². The quantitative estimate of drug-likeness (QED) is 0.695. The Morgan fingerprint density at radius 1 is 1.07 bits per heavy atom. The fourth-order valence-electron chi connectivity index (χ4n) is 3.96. The molecule has 0 atom stereocenters. The third-order valence-corrected chi connectivity index (χ3v) is 5.51. The maximum Gasteiger partial charge on any atom is 0.153 e. The fourth-order valence-corrected chi connectivity index (χ4v) is 3.96. The largest absolute Gasteiger partial charge is 0.371 e. The van der Waals surface area contributed by atoms with Crippen molar-refractivity contribution in [2.75, 3.05) is 18.0 Å². The van der Waals surface area contributed by atoms with Gasteiger partial charge >= 0.3 is 0 Å². The molecular weight excluding hydrogens is 338 g/mol. The molecule has 7 nitrogen and oxygen atoms in total. The van der Waals surface area contributed by atoms with E-state index in [1.54, 1.807) is 0 Å². The van der Waals surface area contributed by atoms with Crippen LogP contribution < -0.4 is 4.90 Å². The molecule has 0 radical (unpaired) electrons. The molecule has 1 saturated heterocycles.